The molecular weight excluding hydrogens is 332 g/mol. The summed E-state index contributed by atoms with van der Waals surface area (Å²) in [6.45, 7) is 1.44. The first kappa shape index (κ1) is 17.7. The fourth-order valence-corrected chi connectivity index (χ4v) is 2.18. The average Bonchev–Trinajstić information content (AvgIpc) is 2.59. The van der Waals surface area contributed by atoms with Crippen molar-refractivity contribution in [2.45, 2.75) is 13.0 Å². The molecule has 0 aliphatic rings. The normalized spacial score (nSPS) is 11.5. The molecule has 0 aliphatic heterocycles. The van der Waals surface area contributed by atoms with E-state index in [1.165, 1.54) is 25.4 Å². The van der Waals surface area contributed by atoms with Crippen LogP contribution < -0.4 is 10.1 Å². The maximum Gasteiger partial charge on any atom is 0.340 e. The predicted octanol–water partition coefficient (Wildman–Crippen LogP) is 2.78. The first-order valence-electron chi connectivity index (χ1n) is 7.21. The number of aromatic nitrogens is 1. The third-order valence-electron chi connectivity index (χ3n) is 3.24. The van der Waals surface area contributed by atoms with Gasteiger partial charge >= 0.3 is 5.97 Å². The molecule has 2 rings (SSSR count). The Kier molecular flexibility index (Phi) is 6.14. The summed E-state index contributed by atoms with van der Waals surface area (Å²) in [4.78, 5) is 27.6. The second-order valence-corrected chi connectivity index (χ2v) is 5.45. The lowest BCUT2D eigenvalue weighted by Crippen LogP contribution is -2.31. The maximum atomic E-state index is 11.9. The standard InChI is InChI=1S/C17H17ClN2O4/c1-11(12-4-3-5-14(18)8-12)20-15(21)10-24-17(22)13-6-7-16(23-2)19-9-13/h3-9,11H,10H2,1-2H3,(H,20,21). The van der Waals surface area contributed by atoms with Gasteiger partial charge in [-0.2, -0.15) is 0 Å². The molecule has 0 saturated heterocycles. The van der Waals surface area contributed by atoms with Crippen LogP contribution in [0.1, 0.15) is 28.9 Å². The maximum absolute atomic E-state index is 11.9. The summed E-state index contributed by atoms with van der Waals surface area (Å²) in [6, 6.07) is 9.98. The van der Waals surface area contributed by atoms with Crippen LogP contribution in [-0.2, 0) is 9.53 Å². The van der Waals surface area contributed by atoms with E-state index in [1.807, 2.05) is 13.0 Å². The van der Waals surface area contributed by atoms with Crippen LogP contribution in [0.3, 0.4) is 0 Å². The average molecular weight is 349 g/mol. The number of ether oxygens (including phenoxy) is 2. The van der Waals surface area contributed by atoms with Crippen LogP contribution in [0, 0.1) is 0 Å². The van der Waals surface area contributed by atoms with Crippen molar-refractivity contribution in [1.29, 1.82) is 0 Å². The smallest absolute Gasteiger partial charge is 0.340 e. The Bertz CT molecular complexity index is 719. The zero-order valence-corrected chi connectivity index (χ0v) is 14.0. The highest BCUT2D eigenvalue weighted by Crippen LogP contribution is 2.17. The van der Waals surface area contributed by atoms with Crippen molar-refractivity contribution >= 4 is 23.5 Å². The molecule has 0 fully saturated rings. The summed E-state index contributed by atoms with van der Waals surface area (Å²) < 4.78 is 9.87. The molecule has 24 heavy (non-hydrogen) atoms. The van der Waals surface area contributed by atoms with Gasteiger partial charge in [0.05, 0.1) is 18.7 Å². The number of nitrogens with one attached hydrogen (secondary N) is 1. The molecule has 0 radical (unpaired) electrons. The van der Waals surface area contributed by atoms with Gasteiger partial charge in [-0.15, -0.1) is 0 Å². The lowest BCUT2D eigenvalue weighted by Gasteiger charge is -2.14. The molecule has 1 N–H and O–H groups in total. The highest BCUT2D eigenvalue weighted by Gasteiger charge is 2.13. The van der Waals surface area contributed by atoms with Gasteiger partial charge in [0.1, 0.15) is 0 Å². The molecule has 126 valence electrons. The molecule has 1 unspecified atom stereocenters. The third-order valence-corrected chi connectivity index (χ3v) is 3.48. The van der Waals surface area contributed by atoms with Crippen molar-refractivity contribution in [2.75, 3.05) is 13.7 Å². The topological polar surface area (TPSA) is 77.5 Å². The Morgan fingerprint density at radius 3 is 2.71 bits per heavy atom. The molecule has 0 bridgehead atoms. The largest absolute Gasteiger partial charge is 0.481 e. The molecular formula is C17H17ClN2O4. The van der Waals surface area contributed by atoms with Crippen LogP contribution in [0.15, 0.2) is 42.6 Å². The van der Waals surface area contributed by atoms with E-state index >= 15 is 0 Å². The van der Waals surface area contributed by atoms with Gasteiger partial charge < -0.3 is 14.8 Å². The fourth-order valence-electron chi connectivity index (χ4n) is 1.98. The van der Waals surface area contributed by atoms with Crippen LogP contribution in [0.4, 0.5) is 0 Å². The summed E-state index contributed by atoms with van der Waals surface area (Å²) in [7, 11) is 1.48. The van der Waals surface area contributed by atoms with Crippen molar-refractivity contribution in [3.05, 3.63) is 58.7 Å². The lowest BCUT2D eigenvalue weighted by molar-refractivity contribution is -0.124. The molecule has 1 amide bonds. The van der Waals surface area contributed by atoms with Crippen molar-refractivity contribution in [3.8, 4) is 5.88 Å². The Balaban J connectivity index is 1.84. The van der Waals surface area contributed by atoms with E-state index in [4.69, 9.17) is 21.1 Å². The Morgan fingerprint density at radius 1 is 1.29 bits per heavy atom. The summed E-state index contributed by atoms with van der Waals surface area (Å²) in [5.74, 6) is -0.646. The molecule has 1 aromatic heterocycles. The Morgan fingerprint density at radius 2 is 2.08 bits per heavy atom. The number of carbonyl (C=O) groups excluding carboxylic acids is 2. The van der Waals surface area contributed by atoms with Gasteiger partial charge in [0.2, 0.25) is 5.88 Å². The zero-order chi connectivity index (χ0) is 17.5. The van der Waals surface area contributed by atoms with Gasteiger partial charge in [0.25, 0.3) is 5.91 Å². The quantitative estimate of drug-likeness (QED) is 0.812. The van der Waals surface area contributed by atoms with Gasteiger partial charge in [-0.3, -0.25) is 4.79 Å². The van der Waals surface area contributed by atoms with Crippen molar-refractivity contribution in [2.24, 2.45) is 0 Å². The highest BCUT2D eigenvalue weighted by atomic mass is 35.5. The van der Waals surface area contributed by atoms with Crippen molar-refractivity contribution < 1.29 is 19.1 Å². The number of methoxy groups -OCH3 is 1. The molecule has 0 spiro atoms. The van der Waals surface area contributed by atoms with Gasteiger partial charge in [0.15, 0.2) is 6.61 Å². The predicted molar refractivity (Wildman–Crippen MR) is 89.1 cm³/mol. The minimum absolute atomic E-state index is 0.242. The summed E-state index contributed by atoms with van der Waals surface area (Å²) in [5, 5.41) is 3.33. The van der Waals surface area contributed by atoms with E-state index in [1.54, 1.807) is 18.2 Å². The molecule has 6 nitrogen and oxygen atoms in total. The summed E-state index contributed by atoms with van der Waals surface area (Å²) >= 11 is 5.92. The lowest BCUT2D eigenvalue weighted by atomic mass is 10.1. The molecule has 0 aliphatic carbocycles. The number of rotatable bonds is 6. The number of amides is 1. The van der Waals surface area contributed by atoms with Crippen LogP contribution >= 0.6 is 11.6 Å². The van der Waals surface area contributed by atoms with Gasteiger partial charge in [-0.25, -0.2) is 9.78 Å². The van der Waals surface area contributed by atoms with E-state index in [9.17, 15) is 9.59 Å². The van der Waals surface area contributed by atoms with E-state index in [0.29, 0.717) is 10.9 Å². The van der Waals surface area contributed by atoms with Crippen LogP contribution in [0.5, 0.6) is 5.88 Å². The molecule has 7 heteroatoms. The Hall–Kier alpha value is -2.60. The van der Waals surface area contributed by atoms with E-state index in [-0.39, 0.29) is 18.2 Å². The first-order chi connectivity index (χ1) is 11.5. The number of benzene rings is 1. The van der Waals surface area contributed by atoms with Crippen LogP contribution in [0.2, 0.25) is 5.02 Å². The molecule has 2 aromatic rings. The third kappa shape index (κ3) is 4.96. The van der Waals surface area contributed by atoms with E-state index in [2.05, 4.69) is 10.3 Å². The number of halogens is 1. The number of carbonyl (C=O) groups is 2. The van der Waals surface area contributed by atoms with Crippen molar-refractivity contribution in [1.82, 2.24) is 10.3 Å². The molecule has 1 heterocycles. The Labute approximate surface area is 144 Å². The second kappa shape index (κ2) is 8.31. The molecule has 1 atom stereocenters. The summed E-state index contributed by atoms with van der Waals surface area (Å²) in [6.07, 6.45) is 1.33. The monoisotopic (exact) mass is 348 g/mol. The number of nitrogens with zero attached hydrogens (tertiary/aromatic N) is 1. The van der Waals surface area contributed by atoms with Crippen LogP contribution in [-0.4, -0.2) is 30.6 Å². The summed E-state index contributed by atoms with van der Waals surface area (Å²) in [5.41, 5.74) is 1.10. The zero-order valence-electron chi connectivity index (χ0n) is 13.3. The molecule has 1 aromatic carbocycles. The fraction of sp³-hybridized carbons (Fsp3) is 0.235. The second-order valence-electron chi connectivity index (χ2n) is 5.01. The molecule has 0 saturated carbocycles. The van der Waals surface area contributed by atoms with Gasteiger partial charge in [0, 0.05) is 17.3 Å². The van der Waals surface area contributed by atoms with E-state index < -0.39 is 11.9 Å². The number of hydrogen-bond acceptors (Lipinski definition) is 5. The minimum atomic E-state index is -0.629. The van der Waals surface area contributed by atoms with E-state index in [0.717, 1.165) is 5.56 Å². The van der Waals surface area contributed by atoms with Gasteiger partial charge in [-0.05, 0) is 30.7 Å². The number of esters is 1. The SMILES string of the molecule is COc1ccc(C(=O)OCC(=O)NC(C)c2cccc(Cl)c2)cn1. The highest BCUT2D eigenvalue weighted by molar-refractivity contribution is 6.30. The first-order valence-corrected chi connectivity index (χ1v) is 7.59. The van der Waals surface area contributed by atoms with Crippen molar-refractivity contribution in [3.63, 3.8) is 0 Å². The number of hydrogen-bond donors (Lipinski definition) is 1. The number of pyridine rings is 1. The minimum Gasteiger partial charge on any atom is -0.481 e. The van der Waals surface area contributed by atoms with Gasteiger partial charge in [-0.1, -0.05) is 23.7 Å². The van der Waals surface area contributed by atoms with Crippen LogP contribution in [0.25, 0.3) is 0 Å².